The molecule has 4 nitrogen and oxygen atoms in total. The van der Waals surface area contributed by atoms with E-state index in [4.69, 9.17) is 11.6 Å². The summed E-state index contributed by atoms with van der Waals surface area (Å²) in [4.78, 5) is 16.5. The molecule has 1 heterocycles. The third-order valence-corrected chi connectivity index (χ3v) is 4.33. The van der Waals surface area contributed by atoms with Gasteiger partial charge in [0.05, 0.1) is 17.4 Å². The van der Waals surface area contributed by atoms with Crippen LogP contribution in [0.3, 0.4) is 0 Å². The highest BCUT2D eigenvalue weighted by atomic mass is 35.5. The molecule has 0 saturated heterocycles. The fourth-order valence-electron chi connectivity index (χ4n) is 2.59. The molecule has 0 unspecified atom stereocenters. The highest BCUT2D eigenvalue weighted by Gasteiger charge is 2.08. The van der Waals surface area contributed by atoms with E-state index in [1.807, 2.05) is 25.1 Å². The van der Waals surface area contributed by atoms with Gasteiger partial charge in [-0.2, -0.15) is 0 Å². The van der Waals surface area contributed by atoms with Crippen LogP contribution in [0.2, 0.25) is 5.02 Å². The molecular formula is C21H19ClFN3O. The lowest BCUT2D eigenvalue weighted by Crippen LogP contribution is -2.25. The van der Waals surface area contributed by atoms with Gasteiger partial charge in [0.1, 0.15) is 5.82 Å². The summed E-state index contributed by atoms with van der Waals surface area (Å²) < 4.78 is 12.9. The maximum Gasteiger partial charge on any atom is 0.252 e. The molecule has 2 aromatic carbocycles. The monoisotopic (exact) mass is 383 g/mol. The van der Waals surface area contributed by atoms with Crippen LogP contribution in [0.4, 0.5) is 15.8 Å². The van der Waals surface area contributed by atoms with Crippen molar-refractivity contribution in [1.82, 2.24) is 10.3 Å². The Morgan fingerprint density at radius 1 is 1.11 bits per heavy atom. The zero-order chi connectivity index (χ0) is 19.2. The summed E-state index contributed by atoms with van der Waals surface area (Å²) in [7, 11) is 0. The number of benzene rings is 2. The molecule has 6 heteroatoms. The minimum absolute atomic E-state index is 0.212. The second-order valence-corrected chi connectivity index (χ2v) is 6.62. The van der Waals surface area contributed by atoms with Crippen LogP contribution in [0.25, 0.3) is 0 Å². The summed E-state index contributed by atoms with van der Waals surface area (Å²) >= 11 is 6.04. The maximum atomic E-state index is 12.9. The van der Waals surface area contributed by atoms with E-state index in [0.29, 0.717) is 29.2 Å². The van der Waals surface area contributed by atoms with Crippen molar-refractivity contribution in [2.75, 3.05) is 11.9 Å². The number of carbonyl (C=O) groups is 1. The molecule has 138 valence electrons. The second-order valence-electron chi connectivity index (χ2n) is 6.18. The first-order chi connectivity index (χ1) is 13.0. The molecule has 3 aromatic rings. The largest absolute Gasteiger partial charge is 0.354 e. The molecule has 0 saturated carbocycles. The predicted molar refractivity (Wildman–Crippen MR) is 106 cm³/mol. The van der Waals surface area contributed by atoms with Crippen molar-refractivity contribution in [3.05, 3.63) is 88.5 Å². The zero-order valence-electron chi connectivity index (χ0n) is 14.8. The first kappa shape index (κ1) is 18.9. The molecule has 0 aliphatic heterocycles. The minimum atomic E-state index is -0.270. The van der Waals surface area contributed by atoms with Gasteiger partial charge in [0.25, 0.3) is 5.91 Å². The van der Waals surface area contributed by atoms with Gasteiger partial charge in [-0.25, -0.2) is 4.39 Å². The van der Waals surface area contributed by atoms with Crippen LogP contribution in [0, 0.1) is 12.7 Å². The van der Waals surface area contributed by atoms with Gasteiger partial charge in [-0.1, -0.05) is 29.8 Å². The van der Waals surface area contributed by atoms with E-state index in [1.54, 1.807) is 24.4 Å². The number of nitrogens with one attached hydrogen (secondary N) is 2. The Morgan fingerprint density at radius 2 is 1.89 bits per heavy atom. The highest BCUT2D eigenvalue weighted by molar-refractivity contribution is 6.30. The van der Waals surface area contributed by atoms with Crippen molar-refractivity contribution in [1.29, 1.82) is 0 Å². The molecule has 0 fully saturated rings. The van der Waals surface area contributed by atoms with E-state index >= 15 is 0 Å². The lowest BCUT2D eigenvalue weighted by Gasteiger charge is -2.11. The summed E-state index contributed by atoms with van der Waals surface area (Å²) in [6.07, 6.45) is 3.79. The average molecular weight is 384 g/mol. The van der Waals surface area contributed by atoms with Gasteiger partial charge < -0.3 is 10.6 Å². The van der Waals surface area contributed by atoms with E-state index in [9.17, 15) is 9.18 Å². The van der Waals surface area contributed by atoms with Crippen LogP contribution in [-0.4, -0.2) is 17.4 Å². The van der Waals surface area contributed by atoms with Gasteiger partial charge in [-0.15, -0.1) is 0 Å². The Morgan fingerprint density at radius 3 is 2.67 bits per heavy atom. The van der Waals surface area contributed by atoms with E-state index in [0.717, 1.165) is 16.8 Å². The topological polar surface area (TPSA) is 54.0 Å². The third kappa shape index (κ3) is 5.28. The highest BCUT2D eigenvalue weighted by Crippen LogP contribution is 2.24. The molecule has 3 rings (SSSR count). The molecule has 2 N–H and O–H groups in total. The summed E-state index contributed by atoms with van der Waals surface area (Å²) in [5.74, 6) is -0.482. The van der Waals surface area contributed by atoms with Crippen molar-refractivity contribution in [2.45, 2.75) is 13.3 Å². The number of rotatable bonds is 6. The number of pyridine rings is 1. The first-order valence-electron chi connectivity index (χ1n) is 8.52. The van der Waals surface area contributed by atoms with Gasteiger partial charge in [0.2, 0.25) is 0 Å². The van der Waals surface area contributed by atoms with Gasteiger partial charge in [-0.3, -0.25) is 9.78 Å². The number of anilines is 2. The summed E-state index contributed by atoms with van der Waals surface area (Å²) in [5.41, 5.74) is 4.01. The quantitative estimate of drug-likeness (QED) is 0.636. The van der Waals surface area contributed by atoms with Gasteiger partial charge >= 0.3 is 0 Å². The fourth-order valence-corrected chi connectivity index (χ4v) is 2.76. The van der Waals surface area contributed by atoms with Crippen molar-refractivity contribution in [3.63, 3.8) is 0 Å². The summed E-state index contributed by atoms with van der Waals surface area (Å²) in [5, 5.41) is 6.72. The number of amides is 1. The van der Waals surface area contributed by atoms with E-state index in [2.05, 4.69) is 15.6 Å². The van der Waals surface area contributed by atoms with Crippen molar-refractivity contribution < 1.29 is 9.18 Å². The van der Waals surface area contributed by atoms with E-state index in [-0.39, 0.29) is 11.7 Å². The smallest absolute Gasteiger partial charge is 0.252 e. The van der Waals surface area contributed by atoms with E-state index in [1.165, 1.54) is 18.3 Å². The molecule has 1 amide bonds. The molecule has 0 atom stereocenters. The van der Waals surface area contributed by atoms with Crippen molar-refractivity contribution in [2.24, 2.45) is 0 Å². The summed E-state index contributed by atoms with van der Waals surface area (Å²) in [6, 6.07) is 13.5. The number of nitrogens with zero attached hydrogens (tertiary/aromatic N) is 1. The summed E-state index contributed by atoms with van der Waals surface area (Å²) in [6.45, 7) is 2.42. The van der Waals surface area contributed by atoms with Crippen LogP contribution < -0.4 is 10.6 Å². The number of hydrogen-bond donors (Lipinski definition) is 2. The maximum absolute atomic E-state index is 12.9. The molecule has 0 aliphatic carbocycles. The first-order valence-corrected chi connectivity index (χ1v) is 8.90. The van der Waals surface area contributed by atoms with Gasteiger partial charge in [0, 0.05) is 23.5 Å². The molecule has 1 aromatic heterocycles. The van der Waals surface area contributed by atoms with Crippen LogP contribution in [-0.2, 0) is 6.42 Å². The van der Waals surface area contributed by atoms with E-state index < -0.39 is 0 Å². The van der Waals surface area contributed by atoms with Crippen molar-refractivity contribution in [3.8, 4) is 0 Å². The Bertz CT molecular complexity index is 944. The number of halogens is 2. The Balaban J connectivity index is 1.61. The number of aryl methyl sites for hydroxylation is 1. The zero-order valence-corrected chi connectivity index (χ0v) is 15.6. The Hall–Kier alpha value is -2.92. The second kappa shape index (κ2) is 8.64. The SMILES string of the molecule is Cc1ccc(Cl)cc1Nc1cncc(C(=O)NCCc2ccc(F)cc2)c1. The molecule has 0 radical (unpaired) electrons. The molecule has 0 bridgehead atoms. The molecular weight excluding hydrogens is 365 g/mol. The molecule has 0 spiro atoms. The Labute approximate surface area is 162 Å². The fraction of sp³-hybridized carbons (Fsp3) is 0.143. The number of carbonyl (C=O) groups excluding carboxylic acids is 1. The van der Waals surface area contributed by atoms with Crippen LogP contribution in [0.1, 0.15) is 21.5 Å². The minimum Gasteiger partial charge on any atom is -0.354 e. The van der Waals surface area contributed by atoms with Crippen molar-refractivity contribution >= 4 is 28.9 Å². The Kier molecular flexibility index (Phi) is 6.04. The van der Waals surface area contributed by atoms with Gasteiger partial charge in [-0.05, 0) is 54.8 Å². The van der Waals surface area contributed by atoms with Crippen LogP contribution >= 0.6 is 11.6 Å². The predicted octanol–water partition coefficient (Wildman–Crippen LogP) is 4.90. The molecule has 27 heavy (non-hydrogen) atoms. The standard InChI is InChI=1S/C21H19ClFN3O/c1-14-2-5-17(22)11-20(14)26-19-10-16(12-24-13-19)21(27)25-9-8-15-3-6-18(23)7-4-15/h2-7,10-13,26H,8-9H2,1H3,(H,25,27). The number of hydrogen-bond acceptors (Lipinski definition) is 3. The normalized spacial score (nSPS) is 10.5. The average Bonchev–Trinajstić information content (AvgIpc) is 2.66. The third-order valence-electron chi connectivity index (χ3n) is 4.09. The lowest BCUT2D eigenvalue weighted by atomic mass is 10.1. The lowest BCUT2D eigenvalue weighted by molar-refractivity contribution is 0.0954. The molecule has 0 aliphatic rings. The number of aromatic nitrogens is 1. The van der Waals surface area contributed by atoms with Gasteiger partial charge in [0.15, 0.2) is 0 Å². The van der Waals surface area contributed by atoms with Crippen LogP contribution in [0.5, 0.6) is 0 Å². The van der Waals surface area contributed by atoms with Crippen LogP contribution in [0.15, 0.2) is 60.9 Å².